The van der Waals surface area contributed by atoms with E-state index in [1.54, 1.807) is 0 Å². The standard InChI is InChI=1S/C14H17ClFNO3/c1-8(2)5-10-11(15)6-9(7-12(10)16)14(20)17-4-3-13(18)19/h6-8H,3-5H2,1-2H3,(H,17,20)(H,18,19). The molecular formula is C14H17ClFNO3. The van der Waals surface area contributed by atoms with Gasteiger partial charge in [-0.1, -0.05) is 25.4 Å². The van der Waals surface area contributed by atoms with Crippen molar-refractivity contribution in [3.8, 4) is 0 Å². The van der Waals surface area contributed by atoms with Crippen molar-refractivity contribution in [1.29, 1.82) is 0 Å². The molecule has 110 valence electrons. The molecule has 2 N–H and O–H groups in total. The highest BCUT2D eigenvalue weighted by Crippen LogP contribution is 2.24. The summed E-state index contributed by atoms with van der Waals surface area (Å²) >= 11 is 5.99. The second-order valence-electron chi connectivity index (χ2n) is 4.92. The first-order chi connectivity index (χ1) is 9.31. The molecule has 0 aliphatic carbocycles. The summed E-state index contributed by atoms with van der Waals surface area (Å²) in [6.07, 6.45) is 0.305. The molecule has 0 unspecified atom stereocenters. The van der Waals surface area contributed by atoms with E-state index in [9.17, 15) is 14.0 Å². The maximum Gasteiger partial charge on any atom is 0.305 e. The van der Waals surface area contributed by atoms with Gasteiger partial charge >= 0.3 is 5.97 Å². The van der Waals surface area contributed by atoms with Crippen molar-refractivity contribution in [1.82, 2.24) is 5.32 Å². The Morgan fingerprint density at radius 3 is 2.55 bits per heavy atom. The van der Waals surface area contributed by atoms with Crippen LogP contribution in [-0.4, -0.2) is 23.5 Å². The Labute approximate surface area is 121 Å². The number of carboxylic acid groups (broad SMARTS) is 1. The lowest BCUT2D eigenvalue weighted by Gasteiger charge is -2.11. The summed E-state index contributed by atoms with van der Waals surface area (Å²) in [6.45, 7) is 3.88. The van der Waals surface area contributed by atoms with Crippen LogP contribution in [0.1, 0.15) is 36.2 Å². The maximum atomic E-state index is 13.9. The summed E-state index contributed by atoms with van der Waals surface area (Å²) in [5, 5.41) is 11.1. The first kappa shape index (κ1) is 16.4. The summed E-state index contributed by atoms with van der Waals surface area (Å²) in [7, 11) is 0. The highest BCUT2D eigenvalue weighted by atomic mass is 35.5. The average Bonchev–Trinajstić information content (AvgIpc) is 2.32. The Bertz CT molecular complexity index is 494. The molecule has 1 amide bonds. The van der Waals surface area contributed by atoms with E-state index in [1.807, 2.05) is 13.8 Å². The lowest BCUT2D eigenvalue weighted by atomic mass is 10.0. The van der Waals surface area contributed by atoms with E-state index in [1.165, 1.54) is 6.07 Å². The topological polar surface area (TPSA) is 66.4 Å². The minimum Gasteiger partial charge on any atom is -0.481 e. The van der Waals surface area contributed by atoms with Crippen LogP contribution in [0.5, 0.6) is 0 Å². The second-order valence-corrected chi connectivity index (χ2v) is 5.32. The van der Waals surface area contributed by atoms with E-state index in [0.717, 1.165) is 6.07 Å². The molecule has 0 saturated carbocycles. The minimum absolute atomic E-state index is 0.0127. The normalized spacial score (nSPS) is 10.7. The fraction of sp³-hybridized carbons (Fsp3) is 0.429. The third-order valence-corrected chi connectivity index (χ3v) is 2.98. The summed E-state index contributed by atoms with van der Waals surface area (Å²) in [6, 6.07) is 2.53. The third-order valence-electron chi connectivity index (χ3n) is 2.64. The van der Waals surface area contributed by atoms with Gasteiger partial charge in [0.15, 0.2) is 0 Å². The van der Waals surface area contributed by atoms with Crippen molar-refractivity contribution in [2.75, 3.05) is 6.54 Å². The van der Waals surface area contributed by atoms with Gasteiger partial charge in [-0.15, -0.1) is 0 Å². The van der Waals surface area contributed by atoms with Crippen LogP contribution in [-0.2, 0) is 11.2 Å². The zero-order chi connectivity index (χ0) is 15.3. The molecule has 0 aliphatic rings. The fourth-order valence-electron chi connectivity index (χ4n) is 1.72. The van der Waals surface area contributed by atoms with Crippen molar-refractivity contribution in [2.45, 2.75) is 26.7 Å². The Morgan fingerprint density at radius 2 is 2.05 bits per heavy atom. The van der Waals surface area contributed by atoms with Gasteiger partial charge < -0.3 is 10.4 Å². The third kappa shape index (κ3) is 4.81. The van der Waals surface area contributed by atoms with Gasteiger partial charge in [-0.2, -0.15) is 0 Å². The number of rotatable bonds is 6. The number of nitrogens with one attached hydrogen (secondary N) is 1. The van der Waals surface area contributed by atoms with Gasteiger partial charge in [0.1, 0.15) is 5.82 Å². The zero-order valence-corrected chi connectivity index (χ0v) is 12.1. The van der Waals surface area contributed by atoms with Crippen LogP contribution in [0.4, 0.5) is 4.39 Å². The van der Waals surface area contributed by atoms with E-state index >= 15 is 0 Å². The molecule has 0 saturated heterocycles. The molecule has 1 aromatic carbocycles. The van der Waals surface area contributed by atoms with Gasteiger partial charge in [0.2, 0.25) is 0 Å². The lowest BCUT2D eigenvalue weighted by Crippen LogP contribution is -2.26. The summed E-state index contributed by atoms with van der Waals surface area (Å²) in [5.41, 5.74) is 0.481. The van der Waals surface area contributed by atoms with E-state index in [-0.39, 0.29) is 29.5 Å². The molecule has 0 heterocycles. The van der Waals surface area contributed by atoms with Gasteiger partial charge in [0.05, 0.1) is 6.42 Å². The largest absolute Gasteiger partial charge is 0.481 e. The zero-order valence-electron chi connectivity index (χ0n) is 11.4. The summed E-state index contributed by atoms with van der Waals surface area (Å²) < 4.78 is 13.9. The molecule has 0 aromatic heterocycles. The second kappa shape index (κ2) is 7.24. The van der Waals surface area contributed by atoms with Crippen molar-refractivity contribution in [3.63, 3.8) is 0 Å². The summed E-state index contributed by atoms with van der Waals surface area (Å²) in [4.78, 5) is 22.1. The molecule has 1 aromatic rings. The number of aliphatic carboxylic acids is 1. The number of hydrogen-bond acceptors (Lipinski definition) is 2. The van der Waals surface area contributed by atoms with Gasteiger partial charge in [0, 0.05) is 22.7 Å². The number of carbonyl (C=O) groups is 2. The Morgan fingerprint density at radius 1 is 1.40 bits per heavy atom. The fourth-order valence-corrected chi connectivity index (χ4v) is 2.01. The van der Waals surface area contributed by atoms with Crippen LogP contribution in [0.15, 0.2) is 12.1 Å². The SMILES string of the molecule is CC(C)Cc1c(F)cc(C(=O)NCCC(=O)O)cc1Cl. The molecule has 0 spiro atoms. The molecule has 1 rings (SSSR count). The highest BCUT2D eigenvalue weighted by molar-refractivity contribution is 6.31. The number of amides is 1. The number of halogens is 2. The summed E-state index contributed by atoms with van der Waals surface area (Å²) in [5.74, 6) is -1.82. The molecule has 0 atom stereocenters. The van der Waals surface area contributed by atoms with E-state index in [2.05, 4.69) is 5.32 Å². The molecule has 20 heavy (non-hydrogen) atoms. The molecule has 0 radical (unpaired) electrons. The van der Waals surface area contributed by atoms with Crippen LogP contribution in [0.3, 0.4) is 0 Å². The van der Waals surface area contributed by atoms with Crippen LogP contribution in [0.2, 0.25) is 5.02 Å². The van der Waals surface area contributed by atoms with Crippen molar-refractivity contribution >= 4 is 23.5 Å². The Kier molecular flexibility index (Phi) is 5.95. The van der Waals surface area contributed by atoms with Crippen LogP contribution in [0, 0.1) is 11.7 Å². The monoisotopic (exact) mass is 301 g/mol. The van der Waals surface area contributed by atoms with E-state index in [0.29, 0.717) is 12.0 Å². The van der Waals surface area contributed by atoms with Gasteiger partial charge in [-0.25, -0.2) is 4.39 Å². The number of carboxylic acids is 1. The van der Waals surface area contributed by atoms with Crippen molar-refractivity contribution in [2.24, 2.45) is 5.92 Å². The first-order valence-electron chi connectivity index (χ1n) is 6.29. The van der Waals surface area contributed by atoms with Gasteiger partial charge in [-0.05, 0) is 24.5 Å². The van der Waals surface area contributed by atoms with Gasteiger partial charge in [0.25, 0.3) is 5.91 Å². The molecule has 0 fully saturated rings. The number of benzene rings is 1. The van der Waals surface area contributed by atoms with Gasteiger partial charge in [-0.3, -0.25) is 9.59 Å². The minimum atomic E-state index is -1.01. The quantitative estimate of drug-likeness (QED) is 0.849. The lowest BCUT2D eigenvalue weighted by molar-refractivity contribution is -0.136. The smallest absolute Gasteiger partial charge is 0.305 e. The van der Waals surface area contributed by atoms with Crippen LogP contribution >= 0.6 is 11.6 Å². The highest BCUT2D eigenvalue weighted by Gasteiger charge is 2.15. The van der Waals surface area contributed by atoms with Crippen LogP contribution in [0.25, 0.3) is 0 Å². The number of hydrogen-bond donors (Lipinski definition) is 2. The molecule has 0 bridgehead atoms. The Balaban J connectivity index is 2.82. The molecule has 0 aliphatic heterocycles. The predicted octanol–water partition coefficient (Wildman–Crippen LogP) is 2.88. The van der Waals surface area contributed by atoms with Crippen LogP contribution < -0.4 is 5.32 Å². The first-order valence-corrected chi connectivity index (χ1v) is 6.67. The maximum absolute atomic E-state index is 13.9. The molecule has 4 nitrogen and oxygen atoms in total. The Hall–Kier alpha value is -1.62. The number of carbonyl (C=O) groups excluding carboxylic acids is 1. The molecule has 6 heteroatoms. The van der Waals surface area contributed by atoms with E-state index < -0.39 is 17.7 Å². The predicted molar refractivity (Wildman–Crippen MR) is 74.5 cm³/mol. The van der Waals surface area contributed by atoms with Crippen molar-refractivity contribution in [3.05, 3.63) is 34.1 Å². The van der Waals surface area contributed by atoms with E-state index in [4.69, 9.17) is 16.7 Å². The molecular weight excluding hydrogens is 285 g/mol. The average molecular weight is 302 g/mol. The van der Waals surface area contributed by atoms with Crippen molar-refractivity contribution < 1.29 is 19.1 Å².